The molecule has 518 valence electrons. The van der Waals surface area contributed by atoms with Crippen LogP contribution in [-0.2, 0) is 18.9 Å². The van der Waals surface area contributed by atoms with Gasteiger partial charge in [0.05, 0.1) is 56.9 Å². The third kappa shape index (κ3) is 16.9. The predicted molar refractivity (Wildman–Crippen MR) is 347 cm³/mol. The summed E-state index contributed by atoms with van der Waals surface area (Å²) in [5.41, 5.74) is 3.06. The molecule has 0 amide bonds. The van der Waals surface area contributed by atoms with Gasteiger partial charge in [-0.25, -0.2) is 0 Å². The molecule has 12 N–H and O–H groups in total. The highest BCUT2D eigenvalue weighted by Crippen LogP contribution is 2.76. The Morgan fingerprint density at radius 1 is 0.659 bits per heavy atom. The third-order valence-corrected chi connectivity index (χ3v) is 25.1. The van der Waals surface area contributed by atoms with Crippen LogP contribution in [0, 0.1) is 79.3 Å². The highest BCUT2D eigenvalue weighted by atomic mass is 16.7. The molecule has 8 aliphatic rings. The number of rotatable bonds is 16. The van der Waals surface area contributed by atoms with Gasteiger partial charge in [-0.1, -0.05) is 126 Å². The normalized spacial score (nSPS) is 42.9. The zero-order chi connectivity index (χ0) is 65.4. The van der Waals surface area contributed by atoms with E-state index in [4.69, 9.17) is 24.1 Å². The van der Waals surface area contributed by atoms with Gasteiger partial charge < -0.3 is 80.2 Å². The summed E-state index contributed by atoms with van der Waals surface area (Å²) in [4.78, 5) is 0. The highest BCUT2D eigenvalue weighted by Gasteiger charge is 2.71. The fraction of sp³-hybridized carbons (Fsp3) is 0.944. The topological polar surface area (TPSA) is 280 Å². The molecular weight excluding hydrogens is 1120 g/mol. The summed E-state index contributed by atoms with van der Waals surface area (Å²) in [6.07, 6.45) is 12.0. The number of aliphatic hydroxyl groups excluding tert-OH is 12. The summed E-state index contributed by atoms with van der Waals surface area (Å²) in [5.74, 6) is 2.82. The molecule has 0 aromatic carbocycles. The van der Waals surface area contributed by atoms with Gasteiger partial charge >= 0.3 is 0 Å². The Kier molecular flexibility index (Phi) is 29.7. The van der Waals surface area contributed by atoms with Gasteiger partial charge in [0, 0.05) is 6.61 Å². The lowest BCUT2D eigenvalue weighted by molar-refractivity contribution is -0.300. The van der Waals surface area contributed by atoms with Gasteiger partial charge in [0.2, 0.25) is 0 Å². The van der Waals surface area contributed by atoms with Crippen molar-refractivity contribution < 1.29 is 80.2 Å². The minimum Gasteiger partial charge on any atom is -0.394 e. The largest absolute Gasteiger partial charge is 0.394 e. The molecule has 88 heavy (non-hydrogen) atoms. The van der Waals surface area contributed by atoms with Crippen molar-refractivity contribution in [3.8, 4) is 0 Å². The van der Waals surface area contributed by atoms with Crippen LogP contribution in [0.5, 0.6) is 0 Å². The van der Waals surface area contributed by atoms with E-state index in [2.05, 4.69) is 116 Å². The van der Waals surface area contributed by atoms with E-state index >= 15 is 0 Å². The van der Waals surface area contributed by atoms with Crippen molar-refractivity contribution in [2.75, 3.05) is 33.0 Å². The molecule has 7 saturated carbocycles. The summed E-state index contributed by atoms with van der Waals surface area (Å²) in [6.45, 7) is 35.2. The molecule has 8 rings (SSSR count). The second-order valence-corrected chi connectivity index (χ2v) is 31.7. The molecule has 1 aliphatic heterocycles. The lowest BCUT2D eigenvalue weighted by Crippen LogP contribution is -2.65. The van der Waals surface area contributed by atoms with Gasteiger partial charge in [-0.3, -0.25) is 0 Å². The zero-order valence-electron chi connectivity index (χ0n) is 57.2. The molecule has 8 fully saturated rings. The highest BCUT2D eigenvalue weighted by molar-refractivity contribution is 5.19. The van der Waals surface area contributed by atoms with E-state index in [1.165, 1.54) is 49.7 Å². The average Bonchev–Trinajstić information content (AvgIpc) is 1.13. The molecular formula is C72H134O16. The Labute approximate surface area is 533 Å². The molecule has 0 spiro atoms. The molecule has 0 bridgehead atoms. The van der Waals surface area contributed by atoms with Crippen LogP contribution in [0.2, 0.25) is 0 Å². The first-order chi connectivity index (χ1) is 40.6. The molecule has 1 heterocycles. The summed E-state index contributed by atoms with van der Waals surface area (Å²) in [6, 6.07) is 0. The molecule has 1 saturated heterocycles. The van der Waals surface area contributed by atoms with E-state index < -0.39 is 73.9 Å². The lowest BCUT2D eigenvalue weighted by Gasteiger charge is -2.70. The average molecular weight is 1260 g/mol. The third-order valence-electron chi connectivity index (χ3n) is 25.1. The fourth-order valence-electron chi connectivity index (χ4n) is 20.1. The fourth-order valence-corrected chi connectivity index (χ4v) is 20.1. The maximum absolute atomic E-state index is 11.7. The Morgan fingerprint density at radius 2 is 1.30 bits per heavy atom. The van der Waals surface area contributed by atoms with Crippen molar-refractivity contribution in [3.05, 3.63) is 23.3 Å². The maximum Gasteiger partial charge on any atom is 0.186 e. The van der Waals surface area contributed by atoms with Crippen molar-refractivity contribution in [3.63, 3.8) is 0 Å². The van der Waals surface area contributed by atoms with Crippen LogP contribution in [0.3, 0.4) is 0 Å². The maximum atomic E-state index is 11.7. The van der Waals surface area contributed by atoms with Gasteiger partial charge in [0.1, 0.15) is 36.6 Å². The minimum absolute atomic E-state index is 0. The number of ether oxygens (including phenoxy) is 4. The Hall–Kier alpha value is -1.16. The van der Waals surface area contributed by atoms with Crippen LogP contribution in [-0.4, -0.2) is 174 Å². The standard InChI is InChI=1S/C30H52O2.C27H50O8.C8H16O6.C6H12.CH4/c1-19(2)10-9-11-22(31)21-13-16-30(8)26(21)23(32)18-25-28(6)15-12-20(3)27(4,5)24(28)14-17-29(25,30)7;1-25(2)21(32)9-11-27(4)20-14-17(30)8-6-5-7-10-26(20,3)15-19(23(25)27)35-24(34-13-12-28)22(33)18(31)16-29;1-2-13-8-7(12)6(11)5(10)4(3-9)14-8;1-4-5-6(2)3;/h10,20-26,31-32H,9,11-18H2,1-8H3;17-24,28-33H,5-16H2,1-4H3;4-12H,2-3H2,1H3;5H,4H2,1-3H3;1H4/t20-,21?,22+,23+,24?,25?,26?,28-,29+,30+;17?,18-,19-,20-,21?,22?,23-,24-,26+,27+;4-,5-,6?,7-,8?;;/m001../s1. The summed E-state index contributed by atoms with van der Waals surface area (Å²) >= 11 is 0. The smallest absolute Gasteiger partial charge is 0.186 e. The predicted octanol–water partition coefficient (Wildman–Crippen LogP) is 10.2. The molecule has 0 aromatic heterocycles. The van der Waals surface area contributed by atoms with E-state index in [0.717, 1.165) is 82.5 Å². The molecule has 25 atom stereocenters. The Bertz CT molecular complexity index is 2130. The lowest BCUT2D eigenvalue weighted by atomic mass is 9.34. The first-order valence-electron chi connectivity index (χ1n) is 34.3. The zero-order valence-corrected chi connectivity index (χ0v) is 57.2. The van der Waals surface area contributed by atoms with Crippen molar-refractivity contribution in [2.24, 2.45) is 79.3 Å². The summed E-state index contributed by atoms with van der Waals surface area (Å²) in [5, 5.41) is 121. The molecule has 7 aliphatic carbocycles. The van der Waals surface area contributed by atoms with Gasteiger partial charge in [0.15, 0.2) is 12.6 Å². The van der Waals surface area contributed by atoms with Crippen molar-refractivity contribution in [2.45, 2.75) is 320 Å². The van der Waals surface area contributed by atoms with E-state index in [9.17, 15) is 56.2 Å². The van der Waals surface area contributed by atoms with E-state index in [1.54, 1.807) is 6.92 Å². The number of hydrogen-bond donors (Lipinski definition) is 12. The number of hydrogen-bond acceptors (Lipinski definition) is 16. The van der Waals surface area contributed by atoms with Gasteiger partial charge in [-0.05, 0) is 217 Å². The molecule has 16 nitrogen and oxygen atoms in total. The van der Waals surface area contributed by atoms with Crippen LogP contribution < -0.4 is 0 Å². The Balaban J connectivity index is 0.000000286. The molecule has 0 radical (unpaired) electrons. The summed E-state index contributed by atoms with van der Waals surface area (Å²) < 4.78 is 22.2. The number of allylic oxidation sites excluding steroid dienone is 4. The van der Waals surface area contributed by atoms with Crippen LogP contribution in [0.15, 0.2) is 23.3 Å². The van der Waals surface area contributed by atoms with Crippen LogP contribution in [0.4, 0.5) is 0 Å². The number of aliphatic hydroxyl groups is 12. The second-order valence-electron chi connectivity index (χ2n) is 31.7. The first-order valence-corrected chi connectivity index (χ1v) is 34.3. The first kappa shape index (κ1) is 79.3. The second kappa shape index (κ2) is 33.0. The SMILES string of the molecule is C.CC(C)=CCC[C@@H](O)C1CC[C@]2(C)C1[C@H](O)CC1[C@@]3(C)CC[C@H](C)C(C)(C)C3CC[C@]12C.CC1(C)C(O)CC[C@@]2(C)[C@H]1[C@@H](O[C@H](OCCO)C(O)[C@@H](O)CO)C[C@@]1(C)CCCCCC(O)C[C@@H]12.CCC=C(C)C.CCOC1O[C@H](CO)[C@@H](O)C(O)[C@H]1O. The van der Waals surface area contributed by atoms with E-state index in [-0.39, 0.29) is 90.4 Å². The molecule has 9 unspecified atom stereocenters. The van der Waals surface area contributed by atoms with Crippen molar-refractivity contribution in [1.82, 2.24) is 0 Å². The van der Waals surface area contributed by atoms with Gasteiger partial charge in [0.25, 0.3) is 0 Å². The number of fused-ring (bicyclic) bond motifs is 8. The van der Waals surface area contributed by atoms with E-state index in [0.29, 0.717) is 36.2 Å². The van der Waals surface area contributed by atoms with Gasteiger partial charge in [-0.2, -0.15) is 0 Å². The molecule has 16 heteroatoms. The Morgan fingerprint density at radius 3 is 1.88 bits per heavy atom. The summed E-state index contributed by atoms with van der Waals surface area (Å²) in [7, 11) is 0. The van der Waals surface area contributed by atoms with Crippen LogP contribution >= 0.6 is 0 Å². The monoisotopic (exact) mass is 1250 g/mol. The minimum atomic E-state index is -1.48. The molecule has 0 aromatic rings. The van der Waals surface area contributed by atoms with Crippen molar-refractivity contribution >= 4 is 0 Å². The van der Waals surface area contributed by atoms with Gasteiger partial charge in [-0.15, -0.1) is 0 Å². The van der Waals surface area contributed by atoms with Crippen LogP contribution in [0.1, 0.15) is 240 Å². The van der Waals surface area contributed by atoms with Crippen LogP contribution in [0.25, 0.3) is 0 Å². The van der Waals surface area contributed by atoms with Crippen molar-refractivity contribution in [1.29, 1.82) is 0 Å². The quantitative estimate of drug-likeness (QED) is 0.0506. The van der Waals surface area contributed by atoms with E-state index in [1.807, 2.05) is 0 Å².